The second kappa shape index (κ2) is 6.61. The van der Waals surface area contributed by atoms with E-state index in [0.29, 0.717) is 12.6 Å². The predicted octanol–water partition coefficient (Wildman–Crippen LogP) is 2.92. The van der Waals surface area contributed by atoms with E-state index in [1.807, 2.05) is 6.07 Å². The quantitative estimate of drug-likeness (QED) is 0.897. The van der Waals surface area contributed by atoms with Gasteiger partial charge >= 0.3 is 0 Å². The van der Waals surface area contributed by atoms with Crippen LogP contribution < -0.4 is 10.6 Å². The predicted molar refractivity (Wildman–Crippen MR) is 84.9 cm³/mol. The van der Waals surface area contributed by atoms with E-state index in [9.17, 15) is 4.79 Å². The second-order valence-electron chi connectivity index (χ2n) is 6.65. The molecule has 1 aliphatic carbocycles. The van der Waals surface area contributed by atoms with E-state index >= 15 is 0 Å². The number of rotatable bonds is 3. The Morgan fingerprint density at radius 1 is 1.24 bits per heavy atom. The summed E-state index contributed by atoms with van der Waals surface area (Å²) in [6.07, 6.45) is 7.46. The van der Waals surface area contributed by atoms with E-state index in [1.165, 1.54) is 43.2 Å². The van der Waals surface area contributed by atoms with Gasteiger partial charge in [0.15, 0.2) is 0 Å². The number of nitrogens with one attached hydrogen (secondary N) is 2. The van der Waals surface area contributed by atoms with Gasteiger partial charge in [0.25, 0.3) is 0 Å². The summed E-state index contributed by atoms with van der Waals surface area (Å²) in [5, 5.41) is 6.68. The standard InChI is InChI=1S/C18H26N2O/c1-13-5-4-6-14(11-13)12-19-18(21)17-10-9-15-7-2-3-8-16(15)20-17/h4-6,11,15-17,20H,2-3,7-10,12H2,1H3,(H,19,21). The smallest absolute Gasteiger partial charge is 0.237 e. The maximum Gasteiger partial charge on any atom is 0.237 e. The zero-order valence-corrected chi connectivity index (χ0v) is 12.9. The molecule has 3 unspecified atom stereocenters. The van der Waals surface area contributed by atoms with E-state index < -0.39 is 0 Å². The van der Waals surface area contributed by atoms with Crippen LogP contribution in [-0.2, 0) is 11.3 Å². The van der Waals surface area contributed by atoms with Gasteiger partial charge in [-0.05, 0) is 44.1 Å². The molecule has 0 spiro atoms. The Labute approximate surface area is 127 Å². The van der Waals surface area contributed by atoms with Crippen molar-refractivity contribution in [3.8, 4) is 0 Å². The summed E-state index contributed by atoms with van der Waals surface area (Å²) < 4.78 is 0. The highest BCUT2D eigenvalue weighted by Gasteiger charge is 2.34. The number of carbonyl (C=O) groups is 1. The molecule has 0 radical (unpaired) electrons. The summed E-state index contributed by atoms with van der Waals surface area (Å²) in [7, 11) is 0. The lowest BCUT2D eigenvalue weighted by atomic mass is 9.77. The Morgan fingerprint density at radius 3 is 2.95 bits per heavy atom. The van der Waals surface area contributed by atoms with Crippen molar-refractivity contribution in [1.82, 2.24) is 10.6 Å². The van der Waals surface area contributed by atoms with Crippen molar-refractivity contribution in [2.45, 2.75) is 64.1 Å². The molecule has 2 aliphatic rings. The molecule has 0 aromatic heterocycles. The Balaban J connectivity index is 1.51. The molecule has 1 saturated heterocycles. The van der Waals surface area contributed by atoms with Gasteiger partial charge in [0.1, 0.15) is 0 Å². The largest absolute Gasteiger partial charge is 0.351 e. The highest BCUT2D eigenvalue weighted by molar-refractivity contribution is 5.81. The van der Waals surface area contributed by atoms with Gasteiger partial charge in [0, 0.05) is 12.6 Å². The Morgan fingerprint density at radius 2 is 2.10 bits per heavy atom. The van der Waals surface area contributed by atoms with Crippen LogP contribution in [0.4, 0.5) is 0 Å². The molecule has 21 heavy (non-hydrogen) atoms. The molecule has 114 valence electrons. The number of carbonyl (C=O) groups excluding carboxylic acids is 1. The van der Waals surface area contributed by atoms with Crippen LogP contribution in [0.25, 0.3) is 0 Å². The topological polar surface area (TPSA) is 41.1 Å². The molecule has 2 N–H and O–H groups in total. The molecule has 3 heteroatoms. The third-order valence-electron chi connectivity index (χ3n) is 5.02. The fraction of sp³-hybridized carbons (Fsp3) is 0.611. The summed E-state index contributed by atoms with van der Waals surface area (Å²) in [5.41, 5.74) is 2.41. The van der Waals surface area contributed by atoms with Gasteiger partial charge in [-0.2, -0.15) is 0 Å². The molecule has 3 rings (SSSR count). The fourth-order valence-electron chi connectivity index (χ4n) is 3.84. The zero-order chi connectivity index (χ0) is 14.7. The molecular weight excluding hydrogens is 260 g/mol. The van der Waals surface area contributed by atoms with Gasteiger partial charge in [-0.3, -0.25) is 4.79 Å². The summed E-state index contributed by atoms with van der Waals surface area (Å²) in [4.78, 5) is 12.4. The van der Waals surface area contributed by atoms with Crippen molar-refractivity contribution >= 4 is 5.91 Å². The van der Waals surface area contributed by atoms with E-state index in [2.05, 4.69) is 35.8 Å². The number of amides is 1. The van der Waals surface area contributed by atoms with Crippen molar-refractivity contribution in [3.63, 3.8) is 0 Å². The van der Waals surface area contributed by atoms with Gasteiger partial charge in [0.2, 0.25) is 5.91 Å². The first kappa shape index (κ1) is 14.6. The van der Waals surface area contributed by atoms with Crippen LogP contribution in [0.15, 0.2) is 24.3 Å². The van der Waals surface area contributed by atoms with Crippen LogP contribution >= 0.6 is 0 Å². The van der Waals surface area contributed by atoms with Crippen molar-refractivity contribution < 1.29 is 4.79 Å². The van der Waals surface area contributed by atoms with Gasteiger partial charge in [-0.25, -0.2) is 0 Å². The molecule has 1 aromatic rings. The summed E-state index contributed by atoms with van der Waals surface area (Å²) in [5.74, 6) is 0.972. The van der Waals surface area contributed by atoms with Crippen LogP contribution in [0.5, 0.6) is 0 Å². The van der Waals surface area contributed by atoms with Crippen LogP contribution in [0.1, 0.15) is 49.7 Å². The minimum absolute atomic E-state index is 0.00848. The van der Waals surface area contributed by atoms with Crippen LogP contribution in [-0.4, -0.2) is 18.0 Å². The summed E-state index contributed by atoms with van der Waals surface area (Å²) in [6.45, 7) is 2.71. The number of aryl methyl sites for hydroxylation is 1. The van der Waals surface area contributed by atoms with Crippen LogP contribution in [0.2, 0.25) is 0 Å². The van der Waals surface area contributed by atoms with E-state index in [-0.39, 0.29) is 11.9 Å². The number of piperidine rings is 1. The highest BCUT2D eigenvalue weighted by atomic mass is 16.2. The highest BCUT2D eigenvalue weighted by Crippen LogP contribution is 2.32. The maximum absolute atomic E-state index is 12.4. The van der Waals surface area contributed by atoms with Crippen molar-refractivity contribution in [2.75, 3.05) is 0 Å². The van der Waals surface area contributed by atoms with Gasteiger partial charge in [0.05, 0.1) is 6.04 Å². The molecule has 3 nitrogen and oxygen atoms in total. The van der Waals surface area contributed by atoms with Crippen molar-refractivity contribution in [3.05, 3.63) is 35.4 Å². The number of benzene rings is 1. The molecule has 0 bridgehead atoms. The van der Waals surface area contributed by atoms with Crippen LogP contribution in [0.3, 0.4) is 0 Å². The molecule has 1 amide bonds. The minimum atomic E-state index is 0.00848. The minimum Gasteiger partial charge on any atom is -0.351 e. The van der Waals surface area contributed by atoms with E-state index in [1.54, 1.807) is 0 Å². The Hall–Kier alpha value is -1.35. The lowest BCUT2D eigenvalue weighted by Crippen LogP contribution is -2.54. The Bertz CT molecular complexity index is 500. The first-order valence-electron chi connectivity index (χ1n) is 8.31. The molecule has 3 atom stereocenters. The van der Waals surface area contributed by atoms with Gasteiger partial charge in [-0.15, -0.1) is 0 Å². The number of hydrogen-bond acceptors (Lipinski definition) is 2. The number of fused-ring (bicyclic) bond motifs is 1. The maximum atomic E-state index is 12.4. The van der Waals surface area contributed by atoms with Gasteiger partial charge < -0.3 is 10.6 Å². The SMILES string of the molecule is Cc1cccc(CNC(=O)C2CCC3CCCCC3N2)c1. The van der Waals surface area contributed by atoms with Gasteiger partial charge in [-0.1, -0.05) is 42.7 Å². The third-order valence-corrected chi connectivity index (χ3v) is 5.02. The Kier molecular flexibility index (Phi) is 4.59. The average molecular weight is 286 g/mol. The first-order valence-corrected chi connectivity index (χ1v) is 8.31. The number of hydrogen-bond donors (Lipinski definition) is 2. The summed E-state index contributed by atoms with van der Waals surface area (Å²) >= 11 is 0. The average Bonchev–Trinajstić information content (AvgIpc) is 2.52. The lowest BCUT2D eigenvalue weighted by Gasteiger charge is -2.39. The summed E-state index contributed by atoms with van der Waals surface area (Å²) in [6, 6.07) is 8.90. The van der Waals surface area contributed by atoms with Crippen LogP contribution in [0, 0.1) is 12.8 Å². The fourth-order valence-corrected chi connectivity index (χ4v) is 3.84. The molecule has 1 saturated carbocycles. The van der Waals surface area contributed by atoms with Crippen molar-refractivity contribution in [2.24, 2.45) is 5.92 Å². The molecule has 1 aromatic carbocycles. The molecule has 1 heterocycles. The molecular formula is C18H26N2O. The molecule has 2 fully saturated rings. The van der Waals surface area contributed by atoms with E-state index in [0.717, 1.165) is 12.3 Å². The monoisotopic (exact) mass is 286 g/mol. The molecule has 1 aliphatic heterocycles. The normalized spacial score (nSPS) is 28.7. The zero-order valence-electron chi connectivity index (χ0n) is 12.9. The van der Waals surface area contributed by atoms with E-state index in [4.69, 9.17) is 0 Å². The lowest BCUT2D eigenvalue weighted by molar-refractivity contribution is -0.124. The van der Waals surface area contributed by atoms with Crippen molar-refractivity contribution in [1.29, 1.82) is 0 Å². The third kappa shape index (κ3) is 3.65. The second-order valence-corrected chi connectivity index (χ2v) is 6.65. The first-order chi connectivity index (χ1) is 10.2.